The Morgan fingerprint density at radius 1 is 1.09 bits per heavy atom. The molecule has 0 aromatic carbocycles. The molecule has 2 saturated carbocycles. The minimum Gasteiger partial charge on any atom is -0.364 e. The van der Waals surface area contributed by atoms with E-state index in [1.807, 2.05) is 22.9 Å². The highest BCUT2D eigenvalue weighted by Crippen LogP contribution is 2.61. The van der Waals surface area contributed by atoms with Gasteiger partial charge < -0.3 is 15.0 Å². The van der Waals surface area contributed by atoms with Gasteiger partial charge in [-0.1, -0.05) is 0 Å². The topological polar surface area (TPSA) is 151 Å². The van der Waals surface area contributed by atoms with Crippen LogP contribution in [0.2, 0.25) is 0 Å². The fraction of sp³-hybridized carbons (Fsp3) is 0.357. The van der Waals surface area contributed by atoms with Crippen LogP contribution in [0.25, 0.3) is 5.65 Å². The minimum atomic E-state index is -3.27. The SMILES string of the molecule is Cc1ccnc(C2C(C(=O)Nc3cc(NCc4cn5cc(C6CC6)cc(N6CC(=O)N(C)C6=O)c5n4)ncn3)C2(F)F)n1. The molecule has 0 bridgehead atoms. The summed E-state index contributed by atoms with van der Waals surface area (Å²) in [6, 6.07) is 4.56. The lowest BCUT2D eigenvalue weighted by Crippen LogP contribution is -2.30. The Balaban J connectivity index is 1.06. The maximum absolute atomic E-state index is 14.5. The third kappa shape index (κ3) is 4.79. The first-order valence-electron chi connectivity index (χ1n) is 13.7. The largest absolute Gasteiger partial charge is 0.364 e. The highest BCUT2D eigenvalue weighted by molar-refractivity contribution is 6.13. The number of rotatable bonds is 8. The number of alkyl halides is 2. The zero-order chi connectivity index (χ0) is 30.0. The molecule has 0 spiro atoms. The van der Waals surface area contributed by atoms with Gasteiger partial charge in [-0.15, -0.1) is 0 Å². The molecule has 220 valence electrons. The van der Waals surface area contributed by atoms with E-state index in [4.69, 9.17) is 4.98 Å². The van der Waals surface area contributed by atoms with Crippen LogP contribution in [0.5, 0.6) is 0 Å². The summed E-state index contributed by atoms with van der Waals surface area (Å²) in [7, 11) is 1.46. The molecule has 7 rings (SSSR count). The van der Waals surface area contributed by atoms with E-state index in [0.717, 1.165) is 23.3 Å². The molecular weight excluding hydrogens is 562 g/mol. The maximum atomic E-state index is 14.5. The summed E-state index contributed by atoms with van der Waals surface area (Å²) in [4.78, 5) is 61.1. The van der Waals surface area contributed by atoms with Gasteiger partial charge in [0.15, 0.2) is 5.65 Å². The predicted molar refractivity (Wildman–Crippen MR) is 149 cm³/mol. The van der Waals surface area contributed by atoms with Crippen LogP contribution in [0.1, 0.15) is 47.5 Å². The van der Waals surface area contributed by atoms with Crippen molar-refractivity contribution in [3.63, 3.8) is 0 Å². The van der Waals surface area contributed by atoms with Gasteiger partial charge in [-0.25, -0.2) is 38.5 Å². The van der Waals surface area contributed by atoms with Gasteiger partial charge in [0.2, 0.25) is 11.8 Å². The van der Waals surface area contributed by atoms with Crippen molar-refractivity contribution in [1.29, 1.82) is 0 Å². The number of urea groups is 1. The Labute approximate surface area is 243 Å². The van der Waals surface area contributed by atoms with E-state index in [1.54, 1.807) is 13.0 Å². The molecule has 43 heavy (non-hydrogen) atoms. The molecule has 15 heteroatoms. The van der Waals surface area contributed by atoms with Crippen molar-refractivity contribution in [2.24, 2.45) is 5.92 Å². The number of likely N-dealkylation sites (N-methyl/N-ethyl adjacent to an activating group) is 1. The van der Waals surface area contributed by atoms with Crippen LogP contribution >= 0.6 is 0 Å². The number of imide groups is 1. The van der Waals surface area contributed by atoms with Crippen LogP contribution < -0.4 is 15.5 Å². The summed E-state index contributed by atoms with van der Waals surface area (Å²) in [6.07, 6.45) is 8.54. The second-order valence-electron chi connectivity index (χ2n) is 11.0. The van der Waals surface area contributed by atoms with E-state index in [0.29, 0.717) is 34.5 Å². The quantitative estimate of drug-likeness (QED) is 0.296. The van der Waals surface area contributed by atoms with E-state index in [9.17, 15) is 23.2 Å². The third-order valence-electron chi connectivity index (χ3n) is 7.92. The van der Waals surface area contributed by atoms with Crippen LogP contribution in [0.4, 0.5) is 30.9 Å². The van der Waals surface area contributed by atoms with Crippen molar-refractivity contribution in [2.75, 3.05) is 29.1 Å². The normalized spacial score (nSPS) is 21.0. The van der Waals surface area contributed by atoms with E-state index in [1.165, 1.54) is 30.5 Å². The van der Waals surface area contributed by atoms with E-state index in [-0.39, 0.29) is 30.6 Å². The number of nitrogens with zero attached hydrogens (tertiary/aromatic N) is 8. The van der Waals surface area contributed by atoms with Gasteiger partial charge in [0.1, 0.15) is 42.2 Å². The monoisotopic (exact) mass is 588 g/mol. The van der Waals surface area contributed by atoms with Gasteiger partial charge in [-0.3, -0.25) is 19.4 Å². The highest BCUT2D eigenvalue weighted by Gasteiger charge is 2.74. The number of carbonyl (C=O) groups is 3. The van der Waals surface area contributed by atoms with Crippen molar-refractivity contribution in [2.45, 2.75) is 44.1 Å². The molecule has 4 aromatic rings. The van der Waals surface area contributed by atoms with Gasteiger partial charge in [0.25, 0.3) is 5.92 Å². The average molecular weight is 589 g/mol. The average Bonchev–Trinajstić information content (AvgIpc) is 3.85. The number of amides is 4. The van der Waals surface area contributed by atoms with E-state index in [2.05, 4.69) is 30.6 Å². The maximum Gasteiger partial charge on any atom is 0.331 e. The lowest BCUT2D eigenvalue weighted by Gasteiger charge is -2.17. The molecular formula is C28H26F2N10O3. The number of carbonyl (C=O) groups excluding carboxylic acids is 3. The summed E-state index contributed by atoms with van der Waals surface area (Å²) in [5, 5.41) is 5.56. The Morgan fingerprint density at radius 3 is 2.60 bits per heavy atom. The minimum absolute atomic E-state index is 0.0550. The summed E-state index contributed by atoms with van der Waals surface area (Å²) in [6.45, 7) is 1.84. The number of halogens is 2. The zero-order valence-electron chi connectivity index (χ0n) is 23.2. The first kappa shape index (κ1) is 26.8. The molecule has 1 saturated heterocycles. The first-order chi connectivity index (χ1) is 20.6. The number of pyridine rings is 1. The Hall–Kier alpha value is -5.08. The lowest BCUT2D eigenvalue weighted by atomic mass is 10.1. The molecule has 13 nitrogen and oxygen atoms in total. The van der Waals surface area contributed by atoms with Crippen LogP contribution in [0.3, 0.4) is 0 Å². The van der Waals surface area contributed by atoms with Crippen LogP contribution in [0.15, 0.2) is 43.1 Å². The fourth-order valence-electron chi connectivity index (χ4n) is 5.36. The number of hydrogen-bond donors (Lipinski definition) is 2. The summed E-state index contributed by atoms with van der Waals surface area (Å²) in [5.74, 6) is -6.71. The first-order valence-corrected chi connectivity index (χ1v) is 13.7. The third-order valence-corrected chi connectivity index (χ3v) is 7.92. The molecule has 2 atom stereocenters. The molecule has 0 radical (unpaired) electrons. The molecule has 5 heterocycles. The lowest BCUT2D eigenvalue weighted by molar-refractivity contribution is -0.124. The van der Waals surface area contributed by atoms with Crippen molar-refractivity contribution >= 4 is 40.8 Å². The summed E-state index contributed by atoms with van der Waals surface area (Å²) < 4.78 is 30.9. The molecule has 4 aromatic heterocycles. The van der Waals surface area contributed by atoms with Crippen molar-refractivity contribution in [3.8, 4) is 0 Å². The predicted octanol–water partition coefficient (Wildman–Crippen LogP) is 3.10. The van der Waals surface area contributed by atoms with Crippen molar-refractivity contribution in [1.82, 2.24) is 34.2 Å². The number of aromatic nitrogens is 6. The van der Waals surface area contributed by atoms with Gasteiger partial charge in [-0.05, 0) is 43.4 Å². The molecule has 3 aliphatic rings. The zero-order valence-corrected chi connectivity index (χ0v) is 23.2. The molecule has 2 N–H and O–H groups in total. The van der Waals surface area contributed by atoms with Gasteiger partial charge in [-0.2, -0.15) is 0 Å². The molecule has 4 amide bonds. The number of hydrogen-bond acceptors (Lipinski definition) is 9. The summed E-state index contributed by atoms with van der Waals surface area (Å²) >= 11 is 0. The molecule has 2 unspecified atom stereocenters. The molecule has 2 aliphatic carbocycles. The van der Waals surface area contributed by atoms with Crippen LogP contribution in [-0.2, 0) is 16.1 Å². The van der Waals surface area contributed by atoms with E-state index < -0.39 is 29.7 Å². The second-order valence-corrected chi connectivity index (χ2v) is 11.0. The van der Waals surface area contributed by atoms with Gasteiger partial charge >= 0.3 is 6.03 Å². The number of fused-ring (bicyclic) bond motifs is 1. The number of aryl methyl sites for hydroxylation is 1. The molecule has 3 fully saturated rings. The van der Waals surface area contributed by atoms with Crippen molar-refractivity contribution < 1.29 is 23.2 Å². The Kier molecular flexibility index (Phi) is 6.07. The van der Waals surface area contributed by atoms with E-state index >= 15 is 0 Å². The highest BCUT2D eigenvalue weighted by atomic mass is 19.3. The number of anilines is 3. The van der Waals surface area contributed by atoms with Crippen LogP contribution in [0, 0.1) is 12.8 Å². The summed E-state index contributed by atoms with van der Waals surface area (Å²) in [5.41, 5.74) is 3.34. The number of nitrogens with one attached hydrogen (secondary N) is 2. The second kappa shape index (κ2) is 9.74. The van der Waals surface area contributed by atoms with Crippen LogP contribution in [-0.4, -0.2) is 71.6 Å². The molecule has 1 aliphatic heterocycles. The Bertz CT molecular complexity index is 1810. The smallest absolute Gasteiger partial charge is 0.331 e. The van der Waals surface area contributed by atoms with Gasteiger partial charge in [0.05, 0.1) is 17.9 Å². The fourth-order valence-corrected chi connectivity index (χ4v) is 5.36. The van der Waals surface area contributed by atoms with Crippen molar-refractivity contribution in [3.05, 3.63) is 65.9 Å². The number of imidazole rings is 1. The van der Waals surface area contributed by atoms with Gasteiger partial charge in [0, 0.05) is 37.4 Å². The standard InChI is InChI=1S/C28H26F2N10O3/c1-14-5-6-31-24(35-14)22-23(28(22,29)30)26(42)37-20-8-19(33-13-34-20)32-9-17-11-39-10-16(15-3-4-15)7-18(25(39)36-17)40-12-21(41)38(2)27(40)43/h5-8,10-11,13,15,22-23H,3-4,9,12H2,1-2H3,(H2,32,33,34,37,42). The Morgan fingerprint density at radius 2 is 1.88 bits per heavy atom.